The molecule has 152 valence electrons. The first-order chi connectivity index (χ1) is 14.0. The quantitative estimate of drug-likeness (QED) is 0.636. The van der Waals surface area contributed by atoms with E-state index in [9.17, 15) is 18.8 Å². The molecule has 2 aromatic rings. The fourth-order valence-corrected chi connectivity index (χ4v) is 3.17. The second-order valence-electron chi connectivity index (χ2n) is 6.92. The average Bonchev–Trinajstić information content (AvgIpc) is 2.74. The molecule has 1 heterocycles. The third kappa shape index (κ3) is 6.11. The molecule has 3 rings (SSSR count). The van der Waals surface area contributed by atoms with Gasteiger partial charge >= 0.3 is 0 Å². The van der Waals surface area contributed by atoms with E-state index in [0.717, 1.165) is 4.90 Å². The van der Waals surface area contributed by atoms with E-state index < -0.39 is 0 Å². The minimum atomic E-state index is -0.384. The van der Waals surface area contributed by atoms with E-state index in [1.165, 1.54) is 24.3 Å². The summed E-state index contributed by atoms with van der Waals surface area (Å²) < 4.78 is 12.9. The van der Waals surface area contributed by atoms with Crippen molar-refractivity contribution >= 4 is 23.4 Å². The van der Waals surface area contributed by atoms with Crippen molar-refractivity contribution in [3.8, 4) is 0 Å². The van der Waals surface area contributed by atoms with Crippen LogP contribution in [0.25, 0.3) is 0 Å². The minimum absolute atomic E-state index is 0.00608. The fraction of sp³-hybridized carbons (Fsp3) is 0.286. The number of benzene rings is 2. The first-order valence-corrected chi connectivity index (χ1v) is 9.51. The number of rotatable bonds is 6. The number of carbonyl (C=O) groups is 3. The lowest BCUT2D eigenvalue weighted by Gasteiger charge is -2.31. The highest BCUT2D eigenvalue weighted by Crippen LogP contribution is 2.07. The molecule has 2 aromatic carbocycles. The van der Waals surface area contributed by atoms with Gasteiger partial charge in [-0.1, -0.05) is 18.2 Å². The number of amides is 3. The molecule has 1 fully saturated rings. The van der Waals surface area contributed by atoms with E-state index in [1.54, 1.807) is 17.0 Å². The molecule has 1 aliphatic heterocycles. The van der Waals surface area contributed by atoms with Gasteiger partial charge in [0.05, 0.1) is 32.7 Å². The maximum Gasteiger partial charge on any atom is 0.275 e. The van der Waals surface area contributed by atoms with Crippen LogP contribution in [0.2, 0.25) is 0 Å². The van der Waals surface area contributed by atoms with E-state index in [4.69, 9.17) is 0 Å². The number of carbonyl (C=O) groups excluding carboxylic acids is 3. The van der Waals surface area contributed by atoms with Crippen LogP contribution in [0.3, 0.4) is 0 Å². The van der Waals surface area contributed by atoms with Gasteiger partial charge in [0.2, 0.25) is 5.91 Å². The summed E-state index contributed by atoms with van der Waals surface area (Å²) in [4.78, 5) is 39.3. The lowest BCUT2D eigenvalue weighted by molar-refractivity contribution is -0.896. The lowest BCUT2D eigenvalue weighted by atomic mass is 10.2. The Bertz CT molecular complexity index is 850. The molecule has 0 spiro atoms. The van der Waals surface area contributed by atoms with Crippen molar-refractivity contribution in [2.45, 2.75) is 0 Å². The predicted octanol–water partition coefficient (Wildman–Crippen LogP) is -0.0787. The molecule has 3 N–H and O–H groups in total. The molecule has 0 aliphatic carbocycles. The summed E-state index contributed by atoms with van der Waals surface area (Å²) in [7, 11) is 0. The van der Waals surface area contributed by atoms with Crippen molar-refractivity contribution < 1.29 is 23.7 Å². The van der Waals surface area contributed by atoms with Crippen LogP contribution in [0.5, 0.6) is 0 Å². The summed E-state index contributed by atoms with van der Waals surface area (Å²) in [6.45, 7) is 2.61. The summed E-state index contributed by atoms with van der Waals surface area (Å²) in [6, 6.07) is 14.6. The summed E-state index contributed by atoms with van der Waals surface area (Å²) in [5.41, 5.74) is 1.14. The highest BCUT2D eigenvalue weighted by molar-refractivity contribution is 5.95. The van der Waals surface area contributed by atoms with Gasteiger partial charge in [0, 0.05) is 11.3 Å². The number of halogens is 1. The van der Waals surface area contributed by atoms with Gasteiger partial charge in [0.25, 0.3) is 11.8 Å². The van der Waals surface area contributed by atoms with Crippen molar-refractivity contribution in [2.24, 2.45) is 0 Å². The summed E-state index contributed by atoms with van der Waals surface area (Å²) in [5.74, 6) is -0.980. The van der Waals surface area contributed by atoms with Crippen molar-refractivity contribution in [1.29, 1.82) is 0 Å². The molecule has 0 radical (unpaired) electrons. The maximum absolute atomic E-state index is 12.9. The second-order valence-corrected chi connectivity index (χ2v) is 6.92. The molecule has 3 amide bonds. The molecule has 29 heavy (non-hydrogen) atoms. The minimum Gasteiger partial charge on any atom is -0.342 e. The fourth-order valence-electron chi connectivity index (χ4n) is 3.17. The normalized spacial score (nSPS) is 14.3. The SMILES string of the molecule is O=C(C[NH+]1CCN(C(=O)c2ccccc2)CC1)NCC(=O)Nc1ccc(F)cc1. The van der Waals surface area contributed by atoms with Crippen LogP contribution in [0, 0.1) is 5.82 Å². The van der Waals surface area contributed by atoms with Crippen LogP contribution in [0.1, 0.15) is 10.4 Å². The molecule has 0 saturated carbocycles. The van der Waals surface area contributed by atoms with Crippen LogP contribution in [0.15, 0.2) is 54.6 Å². The molecule has 0 aromatic heterocycles. The van der Waals surface area contributed by atoms with Crippen LogP contribution in [0.4, 0.5) is 10.1 Å². The Labute approximate surface area is 168 Å². The van der Waals surface area contributed by atoms with Gasteiger partial charge in [-0.05, 0) is 36.4 Å². The number of nitrogens with zero attached hydrogens (tertiary/aromatic N) is 1. The molecule has 1 aliphatic rings. The number of quaternary nitrogens is 1. The molecule has 7 nitrogen and oxygen atoms in total. The molecule has 0 unspecified atom stereocenters. The van der Waals surface area contributed by atoms with Crippen LogP contribution in [-0.4, -0.2) is 61.9 Å². The number of anilines is 1. The van der Waals surface area contributed by atoms with E-state index >= 15 is 0 Å². The van der Waals surface area contributed by atoms with Gasteiger partial charge in [0.15, 0.2) is 6.54 Å². The highest BCUT2D eigenvalue weighted by atomic mass is 19.1. The summed E-state index contributed by atoms with van der Waals surface area (Å²) >= 11 is 0. The van der Waals surface area contributed by atoms with Crippen molar-refractivity contribution in [2.75, 3.05) is 44.6 Å². The summed E-state index contributed by atoms with van der Waals surface area (Å²) in [6.07, 6.45) is 0. The number of nitrogens with one attached hydrogen (secondary N) is 3. The van der Waals surface area contributed by atoms with Gasteiger partial charge in [0.1, 0.15) is 5.82 Å². The first kappa shape index (κ1) is 20.5. The molecular weight excluding hydrogens is 375 g/mol. The third-order valence-corrected chi connectivity index (χ3v) is 4.76. The van der Waals surface area contributed by atoms with E-state index in [1.807, 2.05) is 18.2 Å². The molecular formula is C21H24FN4O3+. The van der Waals surface area contributed by atoms with Crippen LogP contribution in [-0.2, 0) is 9.59 Å². The molecule has 8 heteroatoms. The van der Waals surface area contributed by atoms with Crippen LogP contribution >= 0.6 is 0 Å². The second kappa shape index (κ2) is 9.79. The number of hydrogen-bond donors (Lipinski definition) is 3. The number of piperazine rings is 1. The van der Waals surface area contributed by atoms with Gasteiger partial charge < -0.3 is 20.4 Å². The van der Waals surface area contributed by atoms with E-state index in [0.29, 0.717) is 37.4 Å². The standard InChI is InChI=1S/C21H23FN4O3/c22-17-6-8-18(9-7-17)24-19(27)14-23-20(28)15-25-10-12-26(13-11-25)21(29)16-4-2-1-3-5-16/h1-9H,10-15H2,(H,23,28)(H,24,27)/p+1. The predicted molar refractivity (Wildman–Crippen MR) is 106 cm³/mol. The van der Waals surface area contributed by atoms with Crippen molar-refractivity contribution in [3.05, 3.63) is 66.0 Å². The Morgan fingerprint density at radius 1 is 0.931 bits per heavy atom. The molecule has 0 bridgehead atoms. The van der Waals surface area contributed by atoms with E-state index in [2.05, 4.69) is 10.6 Å². The zero-order valence-corrected chi connectivity index (χ0v) is 16.0. The van der Waals surface area contributed by atoms with Gasteiger partial charge in [-0.2, -0.15) is 0 Å². The Kier molecular flexibility index (Phi) is 6.91. The average molecular weight is 399 g/mol. The topological polar surface area (TPSA) is 83.0 Å². The van der Waals surface area contributed by atoms with Gasteiger partial charge in [-0.3, -0.25) is 14.4 Å². The zero-order chi connectivity index (χ0) is 20.6. The van der Waals surface area contributed by atoms with Crippen molar-refractivity contribution in [3.63, 3.8) is 0 Å². The van der Waals surface area contributed by atoms with Crippen molar-refractivity contribution in [1.82, 2.24) is 10.2 Å². The zero-order valence-electron chi connectivity index (χ0n) is 16.0. The molecule has 0 atom stereocenters. The Hall–Kier alpha value is -3.26. The first-order valence-electron chi connectivity index (χ1n) is 9.51. The summed E-state index contributed by atoms with van der Waals surface area (Å²) in [5, 5.41) is 5.19. The monoisotopic (exact) mass is 399 g/mol. The van der Waals surface area contributed by atoms with Gasteiger partial charge in [-0.15, -0.1) is 0 Å². The van der Waals surface area contributed by atoms with E-state index in [-0.39, 0.29) is 36.6 Å². The smallest absolute Gasteiger partial charge is 0.275 e. The Morgan fingerprint density at radius 2 is 1.59 bits per heavy atom. The lowest BCUT2D eigenvalue weighted by Crippen LogP contribution is -3.15. The highest BCUT2D eigenvalue weighted by Gasteiger charge is 2.25. The largest absolute Gasteiger partial charge is 0.342 e. The van der Waals surface area contributed by atoms with Gasteiger partial charge in [-0.25, -0.2) is 4.39 Å². The Balaban J connectivity index is 1.36. The third-order valence-electron chi connectivity index (χ3n) is 4.76. The molecule has 1 saturated heterocycles. The number of hydrogen-bond acceptors (Lipinski definition) is 3. The maximum atomic E-state index is 12.9. The van der Waals surface area contributed by atoms with Crippen LogP contribution < -0.4 is 15.5 Å². The Morgan fingerprint density at radius 3 is 2.24 bits per heavy atom.